The number of aliphatic carboxylic acids is 1. The maximum absolute atomic E-state index is 10.7. The quantitative estimate of drug-likeness (QED) is 0.292. The largest absolute Gasteiger partial charge is 0.477 e. The van der Waals surface area contributed by atoms with Gasteiger partial charge in [0.15, 0.2) is 0 Å². The van der Waals surface area contributed by atoms with Gasteiger partial charge in [-0.25, -0.2) is 4.79 Å². The molecule has 0 bridgehead atoms. The molecule has 0 aliphatic rings. The number of carboxylic acid groups (broad SMARTS) is 1. The number of hydrogen-bond acceptors (Lipinski definition) is 4. The van der Waals surface area contributed by atoms with Crippen molar-refractivity contribution in [2.24, 2.45) is 11.6 Å². The Morgan fingerprint density at radius 3 is 2.50 bits per heavy atom. The number of allylic oxidation sites excluding steroid dienone is 1. The van der Waals surface area contributed by atoms with Crippen molar-refractivity contribution in [2.45, 2.75) is 0 Å². The van der Waals surface area contributed by atoms with E-state index >= 15 is 0 Å². The maximum Gasteiger partial charge on any atom is 0.353 e. The molecule has 0 radical (unpaired) electrons. The van der Waals surface area contributed by atoms with Crippen LogP contribution in [0.2, 0.25) is 10.0 Å². The lowest BCUT2D eigenvalue weighted by Gasteiger charge is -2.03. The first-order valence-electron chi connectivity index (χ1n) is 4.78. The summed E-state index contributed by atoms with van der Waals surface area (Å²) in [5.41, 5.74) is 7.98. The molecule has 5 nitrogen and oxygen atoms in total. The van der Waals surface area contributed by atoms with Gasteiger partial charge in [0.2, 0.25) is 0 Å². The Morgan fingerprint density at radius 1 is 1.33 bits per heavy atom. The summed E-state index contributed by atoms with van der Waals surface area (Å²) < 4.78 is 0. The Hall–Kier alpha value is -1.69. The van der Waals surface area contributed by atoms with E-state index in [2.05, 4.69) is 5.43 Å². The maximum atomic E-state index is 10.7. The van der Waals surface area contributed by atoms with Crippen LogP contribution < -0.4 is 17.0 Å². The lowest BCUT2D eigenvalue weighted by atomic mass is 10.2. The first kappa shape index (κ1) is 14.4. The third kappa shape index (κ3) is 3.66. The molecule has 1 aromatic rings. The normalized spacial score (nSPS) is 12.4. The zero-order chi connectivity index (χ0) is 13.7. The molecule has 0 spiro atoms. The molecular formula is C11H11Cl2N3O2. The van der Waals surface area contributed by atoms with Crippen LogP contribution in [-0.2, 0) is 4.79 Å². The van der Waals surface area contributed by atoms with Crippen LogP contribution >= 0.6 is 23.2 Å². The number of nitrogens with one attached hydrogen (secondary N) is 1. The number of hydrazine groups is 1. The van der Waals surface area contributed by atoms with Crippen LogP contribution in [-0.4, -0.2) is 11.1 Å². The van der Waals surface area contributed by atoms with Gasteiger partial charge in [-0.1, -0.05) is 35.3 Å². The average Bonchev–Trinajstić information content (AvgIpc) is 2.33. The molecule has 0 atom stereocenters. The Kier molecular flexibility index (Phi) is 5.03. The molecule has 0 unspecified atom stereocenters. The smallest absolute Gasteiger partial charge is 0.353 e. The van der Waals surface area contributed by atoms with Gasteiger partial charge in [0.25, 0.3) is 0 Å². The summed E-state index contributed by atoms with van der Waals surface area (Å²) in [5.74, 6) is 3.92. The minimum absolute atomic E-state index is 0.0913. The molecule has 1 aromatic carbocycles. The van der Waals surface area contributed by atoms with Gasteiger partial charge in [-0.15, -0.1) is 0 Å². The van der Waals surface area contributed by atoms with Crippen LogP contribution in [0.25, 0.3) is 6.08 Å². The van der Waals surface area contributed by atoms with Crippen molar-refractivity contribution in [2.75, 3.05) is 0 Å². The molecule has 0 saturated heterocycles. The third-order valence-electron chi connectivity index (χ3n) is 2.06. The zero-order valence-electron chi connectivity index (χ0n) is 9.15. The molecular weight excluding hydrogens is 277 g/mol. The molecule has 96 valence electrons. The molecule has 1 rings (SSSR count). The molecule has 0 saturated carbocycles. The van der Waals surface area contributed by atoms with Crippen molar-refractivity contribution in [1.29, 1.82) is 0 Å². The SMILES string of the molecule is NNC(/C=C/c1ccc(Cl)c(Cl)c1)=C(\N)C(=O)O. The number of nitrogens with two attached hydrogens (primary N) is 2. The fourth-order valence-corrected chi connectivity index (χ4v) is 1.43. The van der Waals surface area contributed by atoms with Gasteiger partial charge in [0.05, 0.1) is 15.7 Å². The van der Waals surface area contributed by atoms with Crippen LogP contribution in [0.4, 0.5) is 0 Å². The minimum atomic E-state index is -1.26. The first-order valence-corrected chi connectivity index (χ1v) is 5.54. The monoisotopic (exact) mass is 287 g/mol. The second-order valence-corrected chi connectivity index (χ2v) is 4.10. The van der Waals surface area contributed by atoms with Gasteiger partial charge >= 0.3 is 5.97 Å². The van der Waals surface area contributed by atoms with E-state index in [0.29, 0.717) is 10.0 Å². The highest BCUT2D eigenvalue weighted by molar-refractivity contribution is 6.42. The van der Waals surface area contributed by atoms with Gasteiger partial charge in [-0.05, 0) is 23.8 Å². The van der Waals surface area contributed by atoms with Crippen molar-refractivity contribution >= 4 is 35.2 Å². The molecule has 7 heteroatoms. The highest BCUT2D eigenvalue weighted by Crippen LogP contribution is 2.23. The summed E-state index contributed by atoms with van der Waals surface area (Å²) in [7, 11) is 0. The van der Waals surface area contributed by atoms with E-state index in [0.717, 1.165) is 5.56 Å². The lowest BCUT2D eigenvalue weighted by Crippen LogP contribution is -2.26. The van der Waals surface area contributed by atoms with Crippen molar-refractivity contribution in [3.8, 4) is 0 Å². The molecule has 0 aliphatic heterocycles. The highest BCUT2D eigenvalue weighted by atomic mass is 35.5. The Morgan fingerprint density at radius 2 is 2.00 bits per heavy atom. The second-order valence-electron chi connectivity index (χ2n) is 3.28. The number of rotatable bonds is 4. The van der Waals surface area contributed by atoms with E-state index in [4.69, 9.17) is 39.9 Å². The summed E-state index contributed by atoms with van der Waals surface area (Å²) in [5, 5.41) is 9.55. The third-order valence-corrected chi connectivity index (χ3v) is 2.80. The number of carbonyl (C=O) groups is 1. The van der Waals surface area contributed by atoms with Crippen molar-refractivity contribution in [1.82, 2.24) is 5.43 Å². The van der Waals surface area contributed by atoms with E-state index in [-0.39, 0.29) is 11.4 Å². The molecule has 0 heterocycles. The van der Waals surface area contributed by atoms with Crippen molar-refractivity contribution in [3.05, 3.63) is 51.3 Å². The zero-order valence-corrected chi connectivity index (χ0v) is 10.7. The molecule has 0 aliphatic carbocycles. The van der Waals surface area contributed by atoms with E-state index in [1.54, 1.807) is 24.3 Å². The molecule has 0 aromatic heterocycles. The van der Waals surface area contributed by atoms with Gasteiger partial charge in [-0.2, -0.15) is 0 Å². The van der Waals surface area contributed by atoms with Crippen LogP contribution in [0.3, 0.4) is 0 Å². The fourth-order valence-electron chi connectivity index (χ4n) is 1.13. The van der Waals surface area contributed by atoms with Gasteiger partial charge < -0.3 is 16.3 Å². The van der Waals surface area contributed by atoms with E-state index in [9.17, 15) is 4.79 Å². The number of halogens is 2. The summed E-state index contributed by atoms with van der Waals surface area (Å²) in [4.78, 5) is 10.7. The van der Waals surface area contributed by atoms with Gasteiger partial charge in [-0.3, -0.25) is 5.84 Å². The Labute approximate surface area is 114 Å². The van der Waals surface area contributed by atoms with Crippen LogP contribution in [0, 0.1) is 0 Å². The number of hydrogen-bond donors (Lipinski definition) is 4. The number of benzene rings is 1. The van der Waals surface area contributed by atoms with Gasteiger partial charge in [0.1, 0.15) is 5.70 Å². The van der Waals surface area contributed by atoms with Crippen molar-refractivity contribution in [3.63, 3.8) is 0 Å². The predicted octanol–water partition coefficient (Wildman–Crippen LogP) is 1.72. The van der Waals surface area contributed by atoms with E-state index in [1.165, 1.54) is 6.08 Å². The van der Waals surface area contributed by atoms with Gasteiger partial charge in [0, 0.05) is 0 Å². The minimum Gasteiger partial charge on any atom is -0.477 e. The summed E-state index contributed by atoms with van der Waals surface area (Å²) >= 11 is 11.6. The topological polar surface area (TPSA) is 101 Å². The lowest BCUT2D eigenvalue weighted by molar-refractivity contribution is -0.132. The fraction of sp³-hybridized carbons (Fsp3) is 0. The second kappa shape index (κ2) is 6.30. The standard InChI is InChI=1S/C11H11Cl2N3O2/c12-7-3-1-6(5-8(7)13)2-4-9(16-15)10(14)11(17)18/h1-5,16H,14-15H2,(H,17,18)/b4-2+,10-9-. The Balaban J connectivity index is 3.01. The summed E-state index contributed by atoms with van der Waals surface area (Å²) in [6.45, 7) is 0. The molecule has 0 fully saturated rings. The van der Waals surface area contributed by atoms with E-state index < -0.39 is 5.97 Å². The summed E-state index contributed by atoms with van der Waals surface area (Å²) in [6.07, 6.45) is 3.04. The average molecular weight is 288 g/mol. The number of carboxylic acids is 1. The predicted molar refractivity (Wildman–Crippen MR) is 71.7 cm³/mol. The van der Waals surface area contributed by atoms with Crippen LogP contribution in [0.5, 0.6) is 0 Å². The van der Waals surface area contributed by atoms with Crippen LogP contribution in [0.15, 0.2) is 35.7 Å². The first-order chi connectivity index (χ1) is 8.45. The summed E-state index contributed by atoms with van der Waals surface area (Å²) in [6, 6.07) is 4.98. The molecule has 6 N–H and O–H groups in total. The van der Waals surface area contributed by atoms with E-state index in [1.807, 2.05) is 0 Å². The molecule has 0 amide bonds. The highest BCUT2D eigenvalue weighted by Gasteiger charge is 2.06. The molecule has 18 heavy (non-hydrogen) atoms. The Bertz CT molecular complexity index is 527. The van der Waals surface area contributed by atoms with Crippen LogP contribution in [0.1, 0.15) is 5.56 Å². The van der Waals surface area contributed by atoms with Crippen molar-refractivity contribution < 1.29 is 9.90 Å².